The fourth-order valence-corrected chi connectivity index (χ4v) is 1.69. The molecule has 0 atom stereocenters. The van der Waals surface area contributed by atoms with Crippen molar-refractivity contribution in [2.45, 2.75) is 19.8 Å². The lowest BCUT2D eigenvalue weighted by molar-refractivity contribution is 0.742. The Morgan fingerprint density at radius 2 is 2.11 bits per heavy atom. The number of nitrogens with one attached hydrogen (secondary N) is 2. The third-order valence-corrected chi connectivity index (χ3v) is 2.64. The summed E-state index contributed by atoms with van der Waals surface area (Å²) in [5, 5.41) is 10.8. The number of aromatic nitrogens is 4. The smallest absolute Gasteiger partial charge is 0.224 e. The molecular weight excluding hydrogens is 240 g/mol. The Balaban J connectivity index is 1.82. The van der Waals surface area contributed by atoms with Gasteiger partial charge in [0, 0.05) is 39.0 Å². The molecule has 0 aliphatic heterocycles. The summed E-state index contributed by atoms with van der Waals surface area (Å²) >= 11 is 0. The van der Waals surface area contributed by atoms with Crippen molar-refractivity contribution in [3.63, 3.8) is 0 Å². The van der Waals surface area contributed by atoms with Crippen LogP contribution in [0.1, 0.15) is 19.0 Å². The van der Waals surface area contributed by atoms with Crippen molar-refractivity contribution in [3.05, 3.63) is 30.2 Å². The SMILES string of the molecule is CCCNc1nccc(NCCc2ccn(C)n2)n1. The molecule has 6 heteroatoms. The summed E-state index contributed by atoms with van der Waals surface area (Å²) in [6, 6.07) is 3.89. The summed E-state index contributed by atoms with van der Waals surface area (Å²) in [5.41, 5.74) is 1.08. The molecule has 0 aliphatic carbocycles. The average molecular weight is 260 g/mol. The second-order valence-corrected chi connectivity index (χ2v) is 4.35. The minimum Gasteiger partial charge on any atom is -0.370 e. The number of rotatable bonds is 7. The molecule has 2 aromatic heterocycles. The lowest BCUT2D eigenvalue weighted by atomic mass is 10.3. The Hall–Kier alpha value is -2.11. The molecule has 0 unspecified atom stereocenters. The van der Waals surface area contributed by atoms with E-state index in [2.05, 4.69) is 32.6 Å². The van der Waals surface area contributed by atoms with Gasteiger partial charge < -0.3 is 10.6 Å². The Kier molecular flexibility index (Phi) is 4.72. The van der Waals surface area contributed by atoms with Gasteiger partial charge in [0.25, 0.3) is 0 Å². The van der Waals surface area contributed by atoms with E-state index < -0.39 is 0 Å². The molecular formula is C13H20N6. The molecule has 0 saturated heterocycles. The summed E-state index contributed by atoms with van der Waals surface area (Å²) in [5.74, 6) is 1.51. The van der Waals surface area contributed by atoms with Crippen LogP contribution in [0.2, 0.25) is 0 Å². The molecule has 19 heavy (non-hydrogen) atoms. The number of nitrogens with zero attached hydrogens (tertiary/aromatic N) is 4. The summed E-state index contributed by atoms with van der Waals surface area (Å²) in [7, 11) is 1.92. The highest BCUT2D eigenvalue weighted by atomic mass is 15.2. The predicted molar refractivity (Wildman–Crippen MR) is 76.2 cm³/mol. The van der Waals surface area contributed by atoms with Gasteiger partial charge in [0.1, 0.15) is 5.82 Å². The summed E-state index contributed by atoms with van der Waals surface area (Å²) in [6.07, 6.45) is 5.64. The van der Waals surface area contributed by atoms with Gasteiger partial charge in [-0.2, -0.15) is 10.1 Å². The van der Waals surface area contributed by atoms with Gasteiger partial charge in [0.05, 0.1) is 5.69 Å². The summed E-state index contributed by atoms with van der Waals surface area (Å²) < 4.78 is 1.81. The van der Waals surface area contributed by atoms with Gasteiger partial charge in [-0.3, -0.25) is 4.68 Å². The van der Waals surface area contributed by atoms with Gasteiger partial charge in [0.15, 0.2) is 0 Å². The normalized spacial score (nSPS) is 10.4. The van der Waals surface area contributed by atoms with Crippen LogP contribution in [0.4, 0.5) is 11.8 Å². The third-order valence-electron chi connectivity index (χ3n) is 2.64. The highest BCUT2D eigenvalue weighted by molar-refractivity contribution is 5.39. The van der Waals surface area contributed by atoms with Crippen LogP contribution in [0.25, 0.3) is 0 Å². The summed E-state index contributed by atoms with van der Waals surface area (Å²) in [4.78, 5) is 8.56. The molecule has 0 spiro atoms. The zero-order valence-electron chi connectivity index (χ0n) is 11.4. The largest absolute Gasteiger partial charge is 0.370 e. The maximum atomic E-state index is 4.39. The van der Waals surface area contributed by atoms with E-state index >= 15 is 0 Å². The van der Waals surface area contributed by atoms with E-state index in [0.717, 1.165) is 37.4 Å². The van der Waals surface area contributed by atoms with Crippen molar-refractivity contribution < 1.29 is 0 Å². The number of aryl methyl sites for hydroxylation is 1. The number of hydrogen-bond acceptors (Lipinski definition) is 5. The van der Waals surface area contributed by atoms with E-state index in [9.17, 15) is 0 Å². The molecule has 0 saturated carbocycles. The van der Waals surface area contributed by atoms with E-state index in [0.29, 0.717) is 5.95 Å². The van der Waals surface area contributed by atoms with Crippen LogP contribution < -0.4 is 10.6 Å². The molecule has 2 aromatic rings. The number of anilines is 2. The van der Waals surface area contributed by atoms with Gasteiger partial charge >= 0.3 is 0 Å². The Labute approximate surface area is 113 Å². The zero-order valence-corrected chi connectivity index (χ0v) is 11.4. The quantitative estimate of drug-likeness (QED) is 0.793. The third kappa shape index (κ3) is 4.24. The van der Waals surface area contributed by atoms with Gasteiger partial charge in [-0.25, -0.2) is 4.98 Å². The fraction of sp³-hybridized carbons (Fsp3) is 0.462. The first kappa shape index (κ1) is 13.3. The van der Waals surface area contributed by atoms with E-state index in [-0.39, 0.29) is 0 Å². The van der Waals surface area contributed by atoms with Gasteiger partial charge in [-0.15, -0.1) is 0 Å². The lowest BCUT2D eigenvalue weighted by Crippen LogP contribution is -2.09. The predicted octanol–water partition coefficient (Wildman–Crippen LogP) is 1.69. The molecule has 0 amide bonds. The molecule has 2 N–H and O–H groups in total. The molecule has 2 heterocycles. The van der Waals surface area contributed by atoms with E-state index in [4.69, 9.17) is 0 Å². The second kappa shape index (κ2) is 6.72. The first-order valence-corrected chi connectivity index (χ1v) is 6.57. The standard InChI is InChI=1S/C13H20N6/c1-3-7-15-13-16-9-5-12(17-13)14-8-4-11-6-10-19(2)18-11/h5-6,9-10H,3-4,7-8H2,1-2H3,(H2,14,15,16,17). The first-order chi connectivity index (χ1) is 9.28. The first-order valence-electron chi connectivity index (χ1n) is 6.57. The lowest BCUT2D eigenvalue weighted by Gasteiger charge is -2.07. The van der Waals surface area contributed by atoms with Crippen LogP contribution in [0.3, 0.4) is 0 Å². The molecule has 2 rings (SSSR count). The monoisotopic (exact) mass is 260 g/mol. The molecule has 0 bridgehead atoms. The van der Waals surface area contributed by atoms with Crippen LogP contribution in [-0.4, -0.2) is 32.8 Å². The van der Waals surface area contributed by atoms with Gasteiger partial charge in [0.2, 0.25) is 5.95 Å². The molecule has 0 radical (unpaired) electrons. The van der Waals surface area contributed by atoms with E-state index in [1.54, 1.807) is 6.20 Å². The highest BCUT2D eigenvalue weighted by Crippen LogP contribution is 2.06. The van der Waals surface area contributed by atoms with Crippen LogP contribution in [-0.2, 0) is 13.5 Å². The zero-order chi connectivity index (χ0) is 13.5. The molecule has 102 valence electrons. The maximum Gasteiger partial charge on any atom is 0.224 e. The minimum absolute atomic E-state index is 0.671. The Bertz CT molecular complexity index is 507. The van der Waals surface area contributed by atoms with E-state index in [1.165, 1.54) is 0 Å². The van der Waals surface area contributed by atoms with Crippen molar-refractivity contribution in [1.82, 2.24) is 19.7 Å². The van der Waals surface area contributed by atoms with Crippen molar-refractivity contribution >= 4 is 11.8 Å². The minimum atomic E-state index is 0.671. The molecule has 0 aromatic carbocycles. The van der Waals surface area contributed by atoms with Gasteiger partial charge in [-0.1, -0.05) is 6.92 Å². The molecule has 0 aliphatic rings. The van der Waals surface area contributed by atoms with Crippen LogP contribution in [0.5, 0.6) is 0 Å². The fourth-order valence-electron chi connectivity index (χ4n) is 1.69. The van der Waals surface area contributed by atoms with E-state index in [1.807, 2.05) is 30.1 Å². The molecule has 6 nitrogen and oxygen atoms in total. The number of hydrogen-bond donors (Lipinski definition) is 2. The van der Waals surface area contributed by atoms with Crippen molar-refractivity contribution in [2.24, 2.45) is 7.05 Å². The highest BCUT2D eigenvalue weighted by Gasteiger charge is 2.00. The van der Waals surface area contributed by atoms with Crippen molar-refractivity contribution in [3.8, 4) is 0 Å². The van der Waals surface area contributed by atoms with Gasteiger partial charge in [-0.05, 0) is 18.6 Å². The van der Waals surface area contributed by atoms with Crippen molar-refractivity contribution in [1.29, 1.82) is 0 Å². The average Bonchev–Trinajstić information content (AvgIpc) is 2.83. The van der Waals surface area contributed by atoms with Crippen LogP contribution >= 0.6 is 0 Å². The maximum absolute atomic E-state index is 4.39. The Morgan fingerprint density at radius 3 is 2.84 bits per heavy atom. The summed E-state index contributed by atoms with van der Waals surface area (Å²) in [6.45, 7) is 3.81. The van der Waals surface area contributed by atoms with Crippen LogP contribution in [0, 0.1) is 0 Å². The Morgan fingerprint density at radius 1 is 1.21 bits per heavy atom. The topological polar surface area (TPSA) is 67.7 Å². The van der Waals surface area contributed by atoms with Crippen LogP contribution in [0.15, 0.2) is 24.5 Å². The van der Waals surface area contributed by atoms with Crippen molar-refractivity contribution in [2.75, 3.05) is 23.7 Å². The second-order valence-electron chi connectivity index (χ2n) is 4.35. The molecule has 0 fully saturated rings.